The zero-order chi connectivity index (χ0) is 11.7. The van der Waals surface area contributed by atoms with Crippen LogP contribution in [0.2, 0.25) is 0 Å². The van der Waals surface area contributed by atoms with E-state index in [4.69, 9.17) is 4.74 Å². The molecule has 92 valence electrons. The lowest BCUT2D eigenvalue weighted by molar-refractivity contribution is -0.0712. The van der Waals surface area contributed by atoms with E-state index in [1.165, 1.54) is 37.1 Å². The van der Waals surface area contributed by atoms with Crippen LogP contribution >= 0.6 is 0 Å². The summed E-state index contributed by atoms with van der Waals surface area (Å²) >= 11 is 0. The van der Waals surface area contributed by atoms with E-state index in [0.717, 1.165) is 19.1 Å². The van der Waals surface area contributed by atoms with Crippen LogP contribution in [0, 0.1) is 6.92 Å². The highest BCUT2D eigenvalue weighted by Gasteiger charge is 2.29. The summed E-state index contributed by atoms with van der Waals surface area (Å²) in [5, 5.41) is 0. The van der Waals surface area contributed by atoms with Crippen LogP contribution in [-0.2, 0) is 4.74 Å². The SMILES string of the molecule is Cc1ccc(C2CCN(C3COC3)CC2)cc1. The molecule has 1 aromatic carbocycles. The van der Waals surface area contributed by atoms with E-state index in [1.54, 1.807) is 0 Å². The van der Waals surface area contributed by atoms with E-state index in [1.807, 2.05) is 0 Å². The van der Waals surface area contributed by atoms with Gasteiger partial charge in [0.15, 0.2) is 0 Å². The summed E-state index contributed by atoms with van der Waals surface area (Å²) in [5.74, 6) is 0.771. The van der Waals surface area contributed by atoms with Crippen molar-refractivity contribution in [1.82, 2.24) is 4.90 Å². The largest absolute Gasteiger partial charge is 0.378 e. The first kappa shape index (κ1) is 11.2. The van der Waals surface area contributed by atoms with Gasteiger partial charge >= 0.3 is 0 Å². The predicted octanol–water partition coefficient (Wildman–Crippen LogP) is 2.57. The van der Waals surface area contributed by atoms with E-state index < -0.39 is 0 Å². The van der Waals surface area contributed by atoms with Crippen molar-refractivity contribution >= 4 is 0 Å². The standard InChI is InChI=1S/C15H21NO/c1-12-2-4-13(5-3-12)14-6-8-16(9-7-14)15-10-17-11-15/h2-5,14-15H,6-11H2,1H3. The minimum Gasteiger partial charge on any atom is -0.378 e. The first-order valence-electron chi connectivity index (χ1n) is 6.71. The Kier molecular flexibility index (Phi) is 3.17. The van der Waals surface area contributed by atoms with E-state index in [9.17, 15) is 0 Å². The van der Waals surface area contributed by atoms with Crippen LogP contribution in [0.1, 0.15) is 29.9 Å². The molecule has 2 aliphatic heterocycles. The van der Waals surface area contributed by atoms with Crippen molar-refractivity contribution in [3.05, 3.63) is 35.4 Å². The maximum Gasteiger partial charge on any atom is 0.0645 e. The van der Waals surface area contributed by atoms with Gasteiger partial charge in [-0.1, -0.05) is 29.8 Å². The fourth-order valence-corrected chi connectivity index (χ4v) is 2.87. The van der Waals surface area contributed by atoms with Crippen molar-refractivity contribution in [1.29, 1.82) is 0 Å². The third-order valence-corrected chi connectivity index (χ3v) is 4.22. The molecule has 0 saturated carbocycles. The molecular weight excluding hydrogens is 210 g/mol. The second kappa shape index (κ2) is 4.79. The van der Waals surface area contributed by atoms with Crippen molar-refractivity contribution in [3.8, 4) is 0 Å². The Balaban J connectivity index is 1.58. The molecule has 2 fully saturated rings. The van der Waals surface area contributed by atoms with Crippen LogP contribution in [0.3, 0.4) is 0 Å². The highest BCUT2D eigenvalue weighted by molar-refractivity contribution is 5.24. The topological polar surface area (TPSA) is 12.5 Å². The van der Waals surface area contributed by atoms with Crippen molar-refractivity contribution in [3.63, 3.8) is 0 Å². The number of hydrogen-bond acceptors (Lipinski definition) is 2. The fourth-order valence-electron chi connectivity index (χ4n) is 2.87. The molecule has 1 aromatic rings. The molecule has 0 aromatic heterocycles. The van der Waals surface area contributed by atoms with Gasteiger partial charge in [0.1, 0.15) is 0 Å². The summed E-state index contributed by atoms with van der Waals surface area (Å²) in [6.45, 7) is 6.55. The monoisotopic (exact) mass is 231 g/mol. The van der Waals surface area contributed by atoms with Gasteiger partial charge in [-0.2, -0.15) is 0 Å². The van der Waals surface area contributed by atoms with Gasteiger partial charge in [-0.25, -0.2) is 0 Å². The van der Waals surface area contributed by atoms with Gasteiger partial charge in [0.25, 0.3) is 0 Å². The molecule has 0 unspecified atom stereocenters. The average Bonchev–Trinajstić information content (AvgIpc) is 2.29. The second-order valence-corrected chi connectivity index (χ2v) is 5.41. The van der Waals surface area contributed by atoms with Crippen LogP contribution in [0.15, 0.2) is 24.3 Å². The lowest BCUT2D eigenvalue weighted by atomic mass is 9.88. The fraction of sp³-hybridized carbons (Fsp3) is 0.600. The van der Waals surface area contributed by atoms with Gasteiger partial charge in [0.2, 0.25) is 0 Å². The minimum atomic E-state index is 0.717. The molecular formula is C15H21NO. The van der Waals surface area contributed by atoms with Gasteiger partial charge in [-0.15, -0.1) is 0 Å². The van der Waals surface area contributed by atoms with Gasteiger partial charge in [-0.05, 0) is 44.3 Å². The molecule has 2 saturated heterocycles. The quantitative estimate of drug-likeness (QED) is 0.775. The van der Waals surface area contributed by atoms with Crippen LogP contribution in [0.4, 0.5) is 0 Å². The van der Waals surface area contributed by atoms with Crippen molar-refractivity contribution in [2.24, 2.45) is 0 Å². The molecule has 3 rings (SSSR count). The lowest BCUT2D eigenvalue weighted by Crippen LogP contribution is -2.51. The summed E-state index contributed by atoms with van der Waals surface area (Å²) in [4.78, 5) is 2.61. The number of rotatable bonds is 2. The second-order valence-electron chi connectivity index (χ2n) is 5.41. The summed E-state index contributed by atoms with van der Waals surface area (Å²) in [6, 6.07) is 9.81. The third-order valence-electron chi connectivity index (χ3n) is 4.22. The number of hydrogen-bond donors (Lipinski definition) is 0. The smallest absolute Gasteiger partial charge is 0.0645 e. The Morgan fingerprint density at radius 3 is 2.24 bits per heavy atom. The van der Waals surface area contributed by atoms with Crippen LogP contribution in [0.5, 0.6) is 0 Å². The average molecular weight is 231 g/mol. The molecule has 2 nitrogen and oxygen atoms in total. The van der Waals surface area contributed by atoms with Crippen molar-refractivity contribution in [2.45, 2.75) is 31.7 Å². The Bertz CT molecular complexity index is 361. The molecule has 0 bridgehead atoms. The normalized spacial score (nSPS) is 23.6. The van der Waals surface area contributed by atoms with E-state index in [-0.39, 0.29) is 0 Å². The Morgan fingerprint density at radius 1 is 1.06 bits per heavy atom. The Labute approximate surface area is 104 Å². The van der Waals surface area contributed by atoms with Gasteiger partial charge < -0.3 is 4.74 Å². The predicted molar refractivity (Wildman–Crippen MR) is 69.3 cm³/mol. The minimum absolute atomic E-state index is 0.717. The third kappa shape index (κ3) is 2.38. The molecule has 0 spiro atoms. The van der Waals surface area contributed by atoms with E-state index in [2.05, 4.69) is 36.1 Å². The molecule has 2 heteroatoms. The van der Waals surface area contributed by atoms with Gasteiger partial charge in [0.05, 0.1) is 19.3 Å². The first-order chi connectivity index (χ1) is 8.33. The maximum atomic E-state index is 5.27. The summed E-state index contributed by atoms with van der Waals surface area (Å²) < 4.78 is 5.27. The number of piperidine rings is 1. The Hall–Kier alpha value is -0.860. The molecule has 0 atom stereocenters. The number of likely N-dealkylation sites (tertiary alicyclic amines) is 1. The number of ether oxygens (including phenoxy) is 1. The van der Waals surface area contributed by atoms with Crippen LogP contribution in [0.25, 0.3) is 0 Å². The number of benzene rings is 1. The number of nitrogens with zero attached hydrogens (tertiary/aromatic N) is 1. The highest BCUT2D eigenvalue weighted by Crippen LogP contribution is 2.29. The van der Waals surface area contributed by atoms with Crippen molar-refractivity contribution in [2.75, 3.05) is 26.3 Å². The Morgan fingerprint density at radius 2 is 1.71 bits per heavy atom. The van der Waals surface area contributed by atoms with Gasteiger partial charge in [0, 0.05) is 0 Å². The van der Waals surface area contributed by atoms with E-state index in [0.29, 0.717) is 6.04 Å². The molecule has 17 heavy (non-hydrogen) atoms. The van der Waals surface area contributed by atoms with Gasteiger partial charge in [-0.3, -0.25) is 4.90 Å². The lowest BCUT2D eigenvalue weighted by Gasteiger charge is -2.41. The zero-order valence-electron chi connectivity index (χ0n) is 10.6. The molecule has 2 aliphatic rings. The first-order valence-corrected chi connectivity index (χ1v) is 6.71. The highest BCUT2D eigenvalue weighted by atomic mass is 16.5. The van der Waals surface area contributed by atoms with Crippen molar-refractivity contribution < 1.29 is 4.74 Å². The van der Waals surface area contributed by atoms with Crippen LogP contribution < -0.4 is 0 Å². The molecule has 0 aliphatic carbocycles. The molecule has 0 N–H and O–H groups in total. The number of aryl methyl sites for hydroxylation is 1. The molecule has 0 radical (unpaired) electrons. The maximum absolute atomic E-state index is 5.27. The molecule has 0 amide bonds. The van der Waals surface area contributed by atoms with E-state index >= 15 is 0 Å². The van der Waals surface area contributed by atoms with Crippen LogP contribution in [-0.4, -0.2) is 37.2 Å². The molecule has 2 heterocycles. The summed E-state index contributed by atoms with van der Waals surface area (Å²) in [5.41, 5.74) is 2.89. The summed E-state index contributed by atoms with van der Waals surface area (Å²) in [6.07, 6.45) is 2.61. The summed E-state index contributed by atoms with van der Waals surface area (Å²) in [7, 11) is 0. The zero-order valence-corrected chi connectivity index (χ0v) is 10.6.